The van der Waals surface area contributed by atoms with Gasteiger partial charge in [0.25, 0.3) is 0 Å². The number of nitrogens with one attached hydrogen (secondary N) is 1. The molecule has 2 heterocycles. The fourth-order valence-corrected chi connectivity index (χ4v) is 6.60. The molecule has 0 bridgehead atoms. The Morgan fingerprint density at radius 1 is 1.12 bits per heavy atom. The maximum absolute atomic E-state index is 13.0. The maximum Gasteiger partial charge on any atom is 0.243 e. The number of aryl methyl sites for hydroxylation is 1. The van der Waals surface area contributed by atoms with Crippen molar-refractivity contribution in [3.63, 3.8) is 0 Å². The van der Waals surface area contributed by atoms with Crippen LogP contribution in [-0.4, -0.2) is 69.4 Å². The monoisotopic (exact) mass is 479 g/mol. The third-order valence-corrected chi connectivity index (χ3v) is 8.89. The lowest BCUT2D eigenvalue weighted by atomic mass is 10.00. The molecular formula is C25H41N3O4S. The zero-order valence-electron chi connectivity index (χ0n) is 20.4. The summed E-state index contributed by atoms with van der Waals surface area (Å²) in [6.45, 7) is 6.27. The van der Waals surface area contributed by atoms with E-state index in [1.54, 1.807) is 29.6 Å². The minimum atomic E-state index is -3.51. The molecule has 33 heavy (non-hydrogen) atoms. The van der Waals surface area contributed by atoms with Crippen molar-refractivity contribution in [2.75, 3.05) is 39.8 Å². The van der Waals surface area contributed by atoms with E-state index in [0.717, 1.165) is 37.8 Å². The fraction of sp³-hybridized carbons (Fsp3) is 0.720. The van der Waals surface area contributed by atoms with Gasteiger partial charge in [-0.3, -0.25) is 4.79 Å². The van der Waals surface area contributed by atoms with Crippen LogP contribution >= 0.6 is 0 Å². The second-order valence-corrected chi connectivity index (χ2v) is 11.2. The largest absolute Gasteiger partial charge is 0.496 e. The van der Waals surface area contributed by atoms with Crippen molar-refractivity contribution in [1.29, 1.82) is 0 Å². The average molecular weight is 480 g/mol. The van der Waals surface area contributed by atoms with Crippen LogP contribution in [0, 0.1) is 0 Å². The van der Waals surface area contributed by atoms with Crippen molar-refractivity contribution in [2.24, 2.45) is 0 Å². The van der Waals surface area contributed by atoms with Gasteiger partial charge in [-0.05, 0) is 75.3 Å². The molecule has 1 aromatic rings. The Balaban J connectivity index is 1.50. The molecule has 0 spiro atoms. The molecule has 1 N–H and O–H groups in total. The second kappa shape index (κ2) is 12.7. The van der Waals surface area contributed by atoms with Crippen LogP contribution in [0.15, 0.2) is 23.1 Å². The molecule has 2 saturated heterocycles. The van der Waals surface area contributed by atoms with Gasteiger partial charge < -0.3 is 15.0 Å². The topological polar surface area (TPSA) is 79.0 Å². The Hall–Kier alpha value is -1.64. The number of amides is 1. The normalized spacial score (nSPS) is 20.5. The van der Waals surface area contributed by atoms with E-state index in [1.165, 1.54) is 32.2 Å². The number of ether oxygens (including phenoxy) is 1. The van der Waals surface area contributed by atoms with Crippen LogP contribution in [0.5, 0.6) is 5.75 Å². The first-order chi connectivity index (χ1) is 16.0. The van der Waals surface area contributed by atoms with Gasteiger partial charge in [-0.2, -0.15) is 4.31 Å². The van der Waals surface area contributed by atoms with Crippen LogP contribution in [0.25, 0.3) is 0 Å². The Morgan fingerprint density at radius 3 is 2.61 bits per heavy atom. The highest BCUT2D eigenvalue weighted by molar-refractivity contribution is 7.89. The number of likely N-dealkylation sites (tertiary alicyclic amines) is 1. The summed E-state index contributed by atoms with van der Waals surface area (Å²) in [5.41, 5.74) is 0.754. The standard InChI is InChI=1S/C25H41N3O4S/c1-3-22-10-5-8-16-27(22)17-9-15-26-25(29)14-11-21-20-23(12-13-24(21)32-2)33(30,31)28-18-6-4-7-19-28/h12-13,20,22H,3-11,14-19H2,1-2H3,(H,26,29)/t22-/m0/s1. The van der Waals surface area contributed by atoms with Gasteiger partial charge in [-0.1, -0.05) is 19.8 Å². The molecule has 1 amide bonds. The molecule has 186 valence electrons. The Labute approximate surface area is 199 Å². The highest BCUT2D eigenvalue weighted by atomic mass is 32.2. The van der Waals surface area contributed by atoms with Crippen molar-refractivity contribution >= 4 is 15.9 Å². The lowest BCUT2D eigenvalue weighted by Gasteiger charge is -2.35. The summed E-state index contributed by atoms with van der Waals surface area (Å²) in [5.74, 6) is 0.614. The zero-order valence-corrected chi connectivity index (χ0v) is 21.2. The van der Waals surface area contributed by atoms with Gasteiger partial charge in [0, 0.05) is 38.6 Å². The highest BCUT2D eigenvalue weighted by Crippen LogP contribution is 2.27. The van der Waals surface area contributed by atoms with E-state index in [1.807, 2.05) is 0 Å². The van der Waals surface area contributed by atoms with Gasteiger partial charge in [0.2, 0.25) is 15.9 Å². The summed E-state index contributed by atoms with van der Waals surface area (Å²) < 4.78 is 33.1. The molecule has 0 aliphatic carbocycles. The quantitative estimate of drug-likeness (QED) is 0.491. The number of piperidine rings is 2. The van der Waals surface area contributed by atoms with Gasteiger partial charge in [-0.25, -0.2) is 8.42 Å². The van der Waals surface area contributed by atoms with E-state index in [2.05, 4.69) is 17.1 Å². The van der Waals surface area contributed by atoms with Gasteiger partial charge in [-0.15, -0.1) is 0 Å². The first-order valence-electron chi connectivity index (χ1n) is 12.6. The van der Waals surface area contributed by atoms with Crippen LogP contribution in [0.2, 0.25) is 0 Å². The Bertz CT molecular complexity index is 868. The van der Waals surface area contributed by atoms with Crippen molar-refractivity contribution in [1.82, 2.24) is 14.5 Å². The van der Waals surface area contributed by atoms with Crippen molar-refractivity contribution < 1.29 is 17.9 Å². The Morgan fingerprint density at radius 2 is 1.88 bits per heavy atom. The van der Waals surface area contributed by atoms with Crippen LogP contribution < -0.4 is 10.1 Å². The molecule has 2 fully saturated rings. The Kier molecular flexibility index (Phi) is 10.0. The van der Waals surface area contributed by atoms with Crippen molar-refractivity contribution in [3.8, 4) is 5.75 Å². The number of carbonyl (C=O) groups excluding carboxylic acids is 1. The van der Waals surface area contributed by atoms with Gasteiger partial charge in [0.1, 0.15) is 5.75 Å². The summed E-state index contributed by atoms with van der Waals surface area (Å²) in [4.78, 5) is 15.3. The lowest BCUT2D eigenvalue weighted by Crippen LogP contribution is -2.40. The third kappa shape index (κ3) is 7.17. The van der Waals surface area contributed by atoms with Crippen LogP contribution in [0.3, 0.4) is 0 Å². The lowest BCUT2D eigenvalue weighted by molar-refractivity contribution is -0.121. The minimum Gasteiger partial charge on any atom is -0.496 e. The molecule has 7 nitrogen and oxygen atoms in total. The first kappa shape index (κ1) is 26.0. The molecule has 0 aromatic heterocycles. The number of nitrogens with zero attached hydrogens (tertiary/aromatic N) is 2. The molecule has 2 aliphatic rings. The summed E-state index contributed by atoms with van der Waals surface area (Å²) in [7, 11) is -1.94. The maximum atomic E-state index is 13.0. The van der Waals surface area contributed by atoms with Gasteiger partial charge in [0.05, 0.1) is 12.0 Å². The van der Waals surface area contributed by atoms with Gasteiger partial charge >= 0.3 is 0 Å². The van der Waals surface area contributed by atoms with E-state index in [4.69, 9.17) is 4.74 Å². The number of benzene rings is 1. The number of sulfonamides is 1. The number of carbonyl (C=O) groups is 1. The van der Waals surface area contributed by atoms with E-state index < -0.39 is 10.0 Å². The summed E-state index contributed by atoms with van der Waals surface area (Å²) >= 11 is 0. The first-order valence-corrected chi connectivity index (χ1v) is 14.1. The van der Waals surface area contributed by atoms with Crippen LogP contribution in [-0.2, 0) is 21.2 Å². The van der Waals surface area contributed by atoms with Crippen LogP contribution in [0.4, 0.5) is 0 Å². The van der Waals surface area contributed by atoms with E-state index in [9.17, 15) is 13.2 Å². The van der Waals surface area contributed by atoms with Crippen molar-refractivity contribution in [2.45, 2.75) is 82.1 Å². The number of rotatable bonds is 11. The number of hydrogen-bond donors (Lipinski definition) is 1. The second-order valence-electron chi connectivity index (χ2n) is 9.24. The average Bonchev–Trinajstić information content (AvgIpc) is 2.85. The highest BCUT2D eigenvalue weighted by Gasteiger charge is 2.26. The summed E-state index contributed by atoms with van der Waals surface area (Å²) in [5, 5.41) is 3.03. The third-order valence-electron chi connectivity index (χ3n) is 6.99. The summed E-state index contributed by atoms with van der Waals surface area (Å²) in [6.07, 6.45) is 9.68. The molecule has 2 aliphatic heterocycles. The smallest absolute Gasteiger partial charge is 0.243 e. The molecule has 1 aromatic carbocycles. The minimum absolute atomic E-state index is 0.00738. The van der Waals surface area contributed by atoms with Crippen molar-refractivity contribution in [3.05, 3.63) is 23.8 Å². The molecule has 3 rings (SSSR count). The number of hydrogen-bond acceptors (Lipinski definition) is 5. The van der Waals surface area contributed by atoms with Crippen LogP contribution in [0.1, 0.15) is 70.3 Å². The fourth-order valence-electron chi connectivity index (χ4n) is 5.03. The molecule has 1 atom stereocenters. The van der Waals surface area contributed by atoms with E-state index >= 15 is 0 Å². The molecule has 0 unspecified atom stereocenters. The zero-order chi connectivity index (χ0) is 23.7. The van der Waals surface area contributed by atoms with Gasteiger partial charge in [0.15, 0.2) is 0 Å². The molecule has 0 radical (unpaired) electrons. The van der Waals surface area contributed by atoms with E-state index in [-0.39, 0.29) is 10.8 Å². The molecule has 0 saturated carbocycles. The van der Waals surface area contributed by atoms with E-state index in [0.29, 0.717) is 44.3 Å². The predicted molar refractivity (Wildman–Crippen MR) is 131 cm³/mol. The SMILES string of the molecule is CC[C@H]1CCCCN1CCCNC(=O)CCc1cc(S(=O)(=O)N2CCCCC2)ccc1OC. The number of methoxy groups -OCH3 is 1. The summed E-state index contributed by atoms with van der Waals surface area (Å²) in [6, 6.07) is 5.68. The molecule has 8 heteroatoms. The predicted octanol–water partition coefficient (Wildman–Crippen LogP) is 3.57. The molecular weight excluding hydrogens is 438 g/mol.